The van der Waals surface area contributed by atoms with E-state index in [1.165, 1.54) is 18.2 Å². The van der Waals surface area contributed by atoms with Crippen molar-refractivity contribution in [3.63, 3.8) is 0 Å². The molecule has 0 saturated heterocycles. The van der Waals surface area contributed by atoms with Gasteiger partial charge in [-0.15, -0.1) is 0 Å². The number of carbonyl (C=O) groups excluding carboxylic acids is 1. The van der Waals surface area contributed by atoms with Crippen molar-refractivity contribution in [3.05, 3.63) is 29.3 Å². The zero-order valence-electron chi connectivity index (χ0n) is 13.1. The second-order valence-electron chi connectivity index (χ2n) is 4.97. The molecule has 0 bridgehead atoms. The molecule has 0 aliphatic carbocycles. The van der Waals surface area contributed by atoms with Gasteiger partial charge in [0, 0.05) is 19.3 Å². The predicted molar refractivity (Wildman–Crippen MR) is 84.7 cm³/mol. The highest BCUT2D eigenvalue weighted by Gasteiger charge is 2.06. The van der Waals surface area contributed by atoms with Crippen LogP contribution >= 0.6 is 0 Å². The first-order valence-corrected chi connectivity index (χ1v) is 7.44. The largest absolute Gasteiger partial charge is 0.391 e. The average Bonchev–Trinajstić information content (AvgIpc) is 2.47. The number of urea groups is 1. The van der Waals surface area contributed by atoms with Crippen molar-refractivity contribution in [1.82, 2.24) is 5.32 Å². The first-order chi connectivity index (χ1) is 10.1. The minimum absolute atomic E-state index is 0.258. The number of nitrogens with one attached hydrogen (secondary N) is 2. The third-order valence-electron chi connectivity index (χ3n) is 3.35. The van der Waals surface area contributed by atoms with Gasteiger partial charge in [-0.05, 0) is 42.5 Å². The lowest BCUT2D eigenvalue weighted by molar-refractivity contribution is 0.0599. The zero-order valence-corrected chi connectivity index (χ0v) is 13.1. The number of amides is 2. The van der Waals surface area contributed by atoms with Gasteiger partial charge in [0.25, 0.3) is 0 Å². The number of rotatable bonds is 8. The van der Waals surface area contributed by atoms with Crippen molar-refractivity contribution in [2.75, 3.05) is 25.6 Å². The van der Waals surface area contributed by atoms with Crippen molar-refractivity contribution in [2.24, 2.45) is 0 Å². The monoisotopic (exact) mass is 294 g/mol. The number of hydrogen-bond donors (Lipinski definition) is 3. The van der Waals surface area contributed by atoms with E-state index < -0.39 is 6.10 Å². The third kappa shape index (κ3) is 6.14. The molecule has 0 aromatic heterocycles. The lowest BCUT2D eigenvalue weighted by Gasteiger charge is -2.12. The van der Waals surface area contributed by atoms with Crippen molar-refractivity contribution >= 4 is 11.7 Å². The second-order valence-corrected chi connectivity index (χ2v) is 4.97. The van der Waals surface area contributed by atoms with E-state index in [0.29, 0.717) is 13.0 Å². The Morgan fingerprint density at radius 3 is 2.62 bits per heavy atom. The van der Waals surface area contributed by atoms with Crippen molar-refractivity contribution < 1.29 is 14.6 Å². The highest BCUT2D eigenvalue weighted by atomic mass is 16.5. The summed E-state index contributed by atoms with van der Waals surface area (Å²) >= 11 is 0. The fourth-order valence-corrected chi connectivity index (χ4v) is 2.18. The minimum Gasteiger partial charge on any atom is -0.391 e. The van der Waals surface area contributed by atoms with Gasteiger partial charge in [-0.25, -0.2) is 4.79 Å². The molecule has 5 heteroatoms. The van der Waals surface area contributed by atoms with Crippen LogP contribution in [-0.4, -0.2) is 37.5 Å². The number of aryl methyl sites for hydroxylation is 2. The van der Waals surface area contributed by atoms with E-state index in [2.05, 4.69) is 30.5 Å². The molecule has 21 heavy (non-hydrogen) atoms. The number of carbonyl (C=O) groups is 1. The molecule has 0 saturated carbocycles. The van der Waals surface area contributed by atoms with Crippen LogP contribution in [0.15, 0.2) is 18.2 Å². The molecule has 2 amide bonds. The first kappa shape index (κ1) is 17.5. The van der Waals surface area contributed by atoms with Gasteiger partial charge in [-0.2, -0.15) is 0 Å². The summed E-state index contributed by atoms with van der Waals surface area (Å²) in [6.45, 7) is 4.92. The third-order valence-corrected chi connectivity index (χ3v) is 3.35. The Kier molecular flexibility index (Phi) is 7.79. The van der Waals surface area contributed by atoms with Crippen LogP contribution in [0.2, 0.25) is 0 Å². The van der Waals surface area contributed by atoms with Gasteiger partial charge in [-0.1, -0.05) is 19.9 Å². The molecule has 5 nitrogen and oxygen atoms in total. The maximum atomic E-state index is 11.8. The maximum Gasteiger partial charge on any atom is 0.319 e. The smallest absolute Gasteiger partial charge is 0.319 e. The predicted octanol–water partition coefficient (Wildman–Crippen LogP) is 2.33. The topological polar surface area (TPSA) is 70.6 Å². The van der Waals surface area contributed by atoms with Crippen LogP contribution < -0.4 is 10.6 Å². The van der Waals surface area contributed by atoms with Crippen LogP contribution in [0, 0.1) is 0 Å². The van der Waals surface area contributed by atoms with E-state index in [9.17, 15) is 9.90 Å². The molecule has 0 aliphatic heterocycles. The molecule has 3 N–H and O–H groups in total. The highest BCUT2D eigenvalue weighted by Crippen LogP contribution is 2.17. The molecule has 1 aromatic rings. The second kappa shape index (κ2) is 9.37. The number of methoxy groups -OCH3 is 1. The average molecular weight is 294 g/mol. The number of benzene rings is 1. The van der Waals surface area contributed by atoms with Crippen molar-refractivity contribution in [3.8, 4) is 0 Å². The zero-order chi connectivity index (χ0) is 15.7. The summed E-state index contributed by atoms with van der Waals surface area (Å²) in [7, 11) is 1.54. The van der Waals surface area contributed by atoms with Crippen LogP contribution in [0.3, 0.4) is 0 Å². The van der Waals surface area contributed by atoms with Crippen LogP contribution in [0.25, 0.3) is 0 Å². The van der Waals surface area contributed by atoms with Crippen LogP contribution in [0.5, 0.6) is 0 Å². The van der Waals surface area contributed by atoms with Gasteiger partial charge in [0.1, 0.15) is 0 Å². The number of hydrogen-bond acceptors (Lipinski definition) is 3. The van der Waals surface area contributed by atoms with E-state index in [4.69, 9.17) is 4.74 Å². The Balaban J connectivity index is 2.44. The first-order valence-electron chi connectivity index (χ1n) is 7.44. The van der Waals surface area contributed by atoms with Crippen molar-refractivity contribution in [1.29, 1.82) is 0 Å². The number of aliphatic hydroxyl groups excluding tert-OH is 1. The molecule has 0 heterocycles. The Labute approximate surface area is 126 Å². The lowest BCUT2D eigenvalue weighted by atomic mass is 10.0. The highest BCUT2D eigenvalue weighted by molar-refractivity contribution is 5.89. The molecule has 1 unspecified atom stereocenters. The molecular weight excluding hydrogens is 268 g/mol. The van der Waals surface area contributed by atoms with Crippen LogP contribution in [0.4, 0.5) is 10.5 Å². The number of anilines is 1. The van der Waals surface area contributed by atoms with Crippen LogP contribution in [0.1, 0.15) is 31.4 Å². The molecule has 1 rings (SSSR count). The molecule has 0 radical (unpaired) electrons. The number of aliphatic hydroxyl groups is 1. The van der Waals surface area contributed by atoms with Gasteiger partial charge in [0.05, 0.1) is 12.7 Å². The van der Waals surface area contributed by atoms with E-state index in [1.54, 1.807) is 0 Å². The summed E-state index contributed by atoms with van der Waals surface area (Å²) < 4.78 is 4.83. The van der Waals surface area contributed by atoms with Gasteiger partial charge in [-0.3, -0.25) is 0 Å². The molecular formula is C16H26N2O3. The molecule has 1 atom stereocenters. The fraction of sp³-hybridized carbons (Fsp3) is 0.562. The SMILES string of the molecule is CCc1ccc(NC(=O)NCCC(O)COC)cc1CC. The fourth-order valence-electron chi connectivity index (χ4n) is 2.18. The summed E-state index contributed by atoms with van der Waals surface area (Å²) in [5.41, 5.74) is 3.36. The molecule has 0 spiro atoms. The van der Waals surface area contributed by atoms with Crippen LogP contribution in [-0.2, 0) is 17.6 Å². The molecule has 0 aliphatic rings. The van der Waals surface area contributed by atoms with E-state index in [1.807, 2.05) is 12.1 Å². The summed E-state index contributed by atoms with van der Waals surface area (Å²) in [5, 5.41) is 15.0. The summed E-state index contributed by atoms with van der Waals surface area (Å²) in [5.74, 6) is 0. The summed E-state index contributed by atoms with van der Waals surface area (Å²) in [4.78, 5) is 11.8. The number of ether oxygens (including phenoxy) is 1. The maximum absolute atomic E-state index is 11.8. The van der Waals surface area contributed by atoms with Gasteiger partial charge < -0.3 is 20.5 Å². The lowest BCUT2D eigenvalue weighted by Crippen LogP contribution is -2.32. The molecule has 118 valence electrons. The standard InChI is InChI=1S/C16H26N2O3/c1-4-12-6-7-14(10-13(12)5-2)18-16(20)17-9-8-15(19)11-21-3/h6-7,10,15,19H,4-5,8-9,11H2,1-3H3,(H2,17,18,20). The minimum atomic E-state index is -0.550. The van der Waals surface area contributed by atoms with E-state index in [-0.39, 0.29) is 12.6 Å². The van der Waals surface area contributed by atoms with E-state index >= 15 is 0 Å². The normalized spacial score (nSPS) is 12.0. The summed E-state index contributed by atoms with van der Waals surface area (Å²) in [6.07, 6.45) is 1.86. The Morgan fingerprint density at radius 2 is 2.00 bits per heavy atom. The molecule has 0 fully saturated rings. The van der Waals surface area contributed by atoms with Crippen molar-refractivity contribution in [2.45, 2.75) is 39.2 Å². The van der Waals surface area contributed by atoms with Gasteiger partial charge in [0.2, 0.25) is 0 Å². The van der Waals surface area contributed by atoms with Gasteiger partial charge >= 0.3 is 6.03 Å². The van der Waals surface area contributed by atoms with E-state index in [0.717, 1.165) is 18.5 Å². The molecule has 1 aromatic carbocycles. The quantitative estimate of drug-likeness (QED) is 0.689. The van der Waals surface area contributed by atoms with Gasteiger partial charge in [0.15, 0.2) is 0 Å². The Morgan fingerprint density at radius 1 is 1.29 bits per heavy atom. The Hall–Kier alpha value is -1.59. The summed E-state index contributed by atoms with van der Waals surface area (Å²) in [6, 6.07) is 5.72. The Bertz CT molecular complexity index is 449.